The second-order valence-corrected chi connectivity index (χ2v) is 3.81. The lowest BCUT2D eigenvalue weighted by Crippen LogP contribution is -2.37. The van der Waals surface area contributed by atoms with Gasteiger partial charge in [0.2, 0.25) is 5.91 Å². The molecule has 1 saturated carbocycles. The summed E-state index contributed by atoms with van der Waals surface area (Å²) in [5, 5.41) is -0.143. The van der Waals surface area contributed by atoms with Crippen LogP contribution in [0.1, 0.15) is 26.7 Å². The van der Waals surface area contributed by atoms with Crippen molar-refractivity contribution in [2.24, 2.45) is 0 Å². The van der Waals surface area contributed by atoms with Gasteiger partial charge in [0, 0.05) is 12.6 Å². The zero-order valence-electron chi connectivity index (χ0n) is 7.08. The van der Waals surface area contributed by atoms with E-state index in [-0.39, 0.29) is 11.2 Å². The van der Waals surface area contributed by atoms with Crippen LogP contribution in [0.15, 0.2) is 0 Å². The van der Waals surface area contributed by atoms with Crippen LogP contribution in [0.4, 0.5) is 0 Å². The molecule has 1 aliphatic rings. The SMILES string of the molecule is CCN(C(=O)C(C)S)C1CC1. The van der Waals surface area contributed by atoms with Crippen LogP contribution in [-0.2, 0) is 4.79 Å². The molecule has 1 amide bonds. The van der Waals surface area contributed by atoms with Crippen molar-refractivity contribution in [3.8, 4) is 0 Å². The molecule has 0 N–H and O–H groups in total. The van der Waals surface area contributed by atoms with Gasteiger partial charge in [0.1, 0.15) is 0 Å². The number of rotatable bonds is 3. The Balaban J connectivity index is 2.46. The second-order valence-electron chi connectivity index (χ2n) is 3.03. The van der Waals surface area contributed by atoms with Crippen LogP contribution in [0.25, 0.3) is 0 Å². The molecule has 0 aromatic carbocycles. The summed E-state index contributed by atoms with van der Waals surface area (Å²) in [6.45, 7) is 4.68. The van der Waals surface area contributed by atoms with Crippen molar-refractivity contribution < 1.29 is 4.79 Å². The van der Waals surface area contributed by atoms with E-state index in [1.54, 1.807) is 0 Å². The molecule has 11 heavy (non-hydrogen) atoms. The van der Waals surface area contributed by atoms with Gasteiger partial charge in [0.15, 0.2) is 0 Å². The molecule has 64 valence electrons. The van der Waals surface area contributed by atoms with E-state index in [0.29, 0.717) is 6.04 Å². The van der Waals surface area contributed by atoms with Crippen molar-refractivity contribution in [2.45, 2.75) is 38.0 Å². The lowest BCUT2D eigenvalue weighted by molar-refractivity contribution is -0.130. The van der Waals surface area contributed by atoms with Gasteiger partial charge in [-0.1, -0.05) is 0 Å². The standard InChI is InChI=1S/C8H15NOS/c1-3-9(7-4-5-7)8(10)6(2)11/h6-7,11H,3-5H2,1-2H3. The molecule has 3 heteroatoms. The minimum absolute atomic E-state index is 0.143. The highest BCUT2D eigenvalue weighted by Gasteiger charge is 2.32. The summed E-state index contributed by atoms with van der Waals surface area (Å²) in [4.78, 5) is 13.3. The van der Waals surface area contributed by atoms with E-state index in [1.165, 1.54) is 12.8 Å². The predicted molar refractivity (Wildman–Crippen MR) is 48.9 cm³/mol. The van der Waals surface area contributed by atoms with E-state index in [0.717, 1.165) is 6.54 Å². The van der Waals surface area contributed by atoms with Crippen LogP contribution in [0.2, 0.25) is 0 Å². The van der Waals surface area contributed by atoms with Crippen molar-refractivity contribution in [1.29, 1.82) is 0 Å². The maximum absolute atomic E-state index is 11.4. The first kappa shape index (κ1) is 8.91. The Morgan fingerprint density at radius 3 is 2.55 bits per heavy atom. The zero-order valence-corrected chi connectivity index (χ0v) is 7.97. The second kappa shape index (κ2) is 3.48. The van der Waals surface area contributed by atoms with Gasteiger partial charge < -0.3 is 4.90 Å². The van der Waals surface area contributed by atoms with Gasteiger partial charge in [0.05, 0.1) is 5.25 Å². The lowest BCUT2D eigenvalue weighted by Gasteiger charge is -2.21. The number of amides is 1. The average Bonchev–Trinajstić information content (AvgIpc) is 2.72. The number of carbonyl (C=O) groups is 1. The Bertz CT molecular complexity index is 154. The minimum Gasteiger partial charge on any atom is -0.339 e. The zero-order chi connectivity index (χ0) is 8.43. The Labute approximate surface area is 73.4 Å². The molecule has 0 spiro atoms. The maximum atomic E-state index is 11.4. The number of carbonyl (C=O) groups excluding carboxylic acids is 1. The summed E-state index contributed by atoms with van der Waals surface area (Å²) < 4.78 is 0. The van der Waals surface area contributed by atoms with Gasteiger partial charge >= 0.3 is 0 Å². The van der Waals surface area contributed by atoms with Gasteiger partial charge in [-0.25, -0.2) is 0 Å². The fraction of sp³-hybridized carbons (Fsp3) is 0.875. The highest BCUT2D eigenvalue weighted by atomic mass is 32.1. The van der Waals surface area contributed by atoms with Crippen molar-refractivity contribution in [1.82, 2.24) is 4.90 Å². The molecule has 0 heterocycles. The van der Waals surface area contributed by atoms with Gasteiger partial charge in [0.25, 0.3) is 0 Å². The van der Waals surface area contributed by atoms with Crippen molar-refractivity contribution in [2.75, 3.05) is 6.54 Å². The molecule has 2 nitrogen and oxygen atoms in total. The van der Waals surface area contributed by atoms with Crippen LogP contribution >= 0.6 is 12.6 Å². The van der Waals surface area contributed by atoms with Crippen LogP contribution < -0.4 is 0 Å². The van der Waals surface area contributed by atoms with Crippen molar-refractivity contribution in [3.63, 3.8) is 0 Å². The third-order valence-corrected chi connectivity index (χ3v) is 2.19. The Morgan fingerprint density at radius 2 is 2.27 bits per heavy atom. The van der Waals surface area contributed by atoms with Crippen molar-refractivity contribution >= 4 is 18.5 Å². The molecular weight excluding hydrogens is 158 g/mol. The highest BCUT2D eigenvalue weighted by molar-refractivity contribution is 7.81. The Morgan fingerprint density at radius 1 is 1.73 bits per heavy atom. The monoisotopic (exact) mass is 173 g/mol. The predicted octanol–water partition coefficient (Wildman–Crippen LogP) is 1.32. The molecule has 1 rings (SSSR count). The molecule has 1 unspecified atom stereocenters. The summed E-state index contributed by atoms with van der Waals surface area (Å²) in [6.07, 6.45) is 2.36. The minimum atomic E-state index is -0.143. The van der Waals surface area contributed by atoms with E-state index >= 15 is 0 Å². The molecular formula is C8H15NOS. The Hall–Kier alpha value is -0.180. The molecule has 0 bridgehead atoms. The maximum Gasteiger partial charge on any atom is 0.235 e. The summed E-state index contributed by atoms with van der Waals surface area (Å²) in [5.41, 5.74) is 0. The number of hydrogen-bond donors (Lipinski definition) is 1. The first-order valence-electron chi connectivity index (χ1n) is 4.15. The quantitative estimate of drug-likeness (QED) is 0.638. The van der Waals surface area contributed by atoms with Gasteiger partial charge in [-0.15, -0.1) is 0 Å². The van der Waals surface area contributed by atoms with E-state index in [1.807, 2.05) is 18.7 Å². The summed E-state index contributed by atoms with van der Waals surface area (Å²) in [6, 6.07) is 0.530. The average molecular weight is 173 g/mol. The van der Waals surface area contributed by atoms with Crippen LogP contribution in [0.3, 0.4) is 0 Å². The molecule has 1 fully saturated rings. The topological polar surface area (TPSA) is 20.3 Å². The molecule has 0 saturated heterocycles. The highest BCUT2D eigenvalue weighted by Crippen LogP contribution is 2.27. The van der Waals surface area contributed by atoms with E-state index in [4.69, 9.17) is 0 Å². The summed E-state index contributed by atoms with van der Waals surface area (Å²) >= 11 is 4.12. The molecule has 1 aliphatic carbocycles. The van der Waals surface area contributed by atoms with E-state index in [9.17, 15) is 4.79 Å². The summed E-state index contributed by atoms with van der Waals surface area (Å²) in [7, 11) is 0. The summed E-state index contributed by atoms with van der Waals surface area (Å²) in [5.74, 6) is 0.179. The number of thiol groups is 1. The molecule has 1 atom stereocenters. The van der Waals surface area contributed by atoms with Gasteiger partial charge in [-0.05, 0) is 26.7 Å². The van der Waals surface area contributed by atoms with Crippen LogP contribution in [0.5, 0.6) is 0 Å². The van der Waals surface area contributed by atoms with Gasteiger partial charge in [-0.2, -0.15) is 12.6 Å². The molecule has 0 aliphatic heterocycles. The molecule has 0 aromatic heterocycles. The van der Waals surface area contributed by atoms with Crippen molar-refractivity contribution in [3.05, 3.63) is 0 Å². The first-order valence-corrected chi connectivity index (χ1v) is 4.67. The third-order valence-electron chi connectivity index (χ3n) is 1.97. The molecule has 0 radical (unpaired) electrons. The smallest absolute Gasteiger partial charge is 0.235 e. The largest absolute Gasteiger partial charge is 0.339 e. The lowest BCUT2D eigenvalue weighted by atomic mass is 10.3. The van der Waals surface area contributed by atoms with Crippen LogP contribution in [0, 0.1) is 0 Å². The molecule has 0 aromatic rings. The third kappa shape index (κ3) is 2.12. The van der Waals surface area contributed by atoms with E-state index in [2.05, 4.69) is 12.6 Å². The number of nitrogens with zero attached hydrogens (tertiary/aromatic N) is 1. The number of hydrogen-bond acceptors (Lipinski definition) is 2. The fourth-order valence-electron chi connectivity index (χ4n) is 1.22. The fourth-order valence-corrected chi connectivity index (χ4v) is 1.37. The van der Waals surface area contributed by atoms with Crippen LogP contribution in [-0.4, -0.2) is 28.6 Å². The Kier molecular flexibility index (Phi) is 2.82. The normalized spacial score (nSPS) is 19.5. The van der Waals surface area contributed by atoms with Gasteiger partial charge in [-0.3, -0.25) is 4.79 Å². The van der Waals surface area contributed by atoms with E-state index < -0.39 is 0 Å². The first-order chi connectivity index (χ1) is 5.16.